The molecular formula is C28H25F6NO4. The molecule has 0 aliphatic carbocycles. The van der Waals surface area contributed by atoms with Crippen LogP contribution in [0.4, 0.5) is 26.3 Å². The van der Waals surface area contributed by atoms with Gasteiger partial charge >= 0.3 is 18.3 Å². The predicted octanol–water partition coefficient (Wildman–Crippen LogP) is 6.63. The van der Waals surface area contributed by atoms with E-state index in [2.05, 4.69) is 5.32 Å². The molecule has 0 bridgehead atoms. The monoisotopic (exact) mass is 553 g/mol. The molecule has 3 aromatic rings. The van der Waals surface area contributed by atoms with Crippen LogP contribution in [0.2, 0.25) is 0 Å². The van der Waals surface area contributed by atoms with Crippen LogP contribution in [-0.4, -0.2) is 31.6 Å². The number of nitrogens with one attached hydrogen (secondary N) is 1. The number of alkyl halides is 6. The molecule has 1 amide bonds. The van der Waals surface area contributed by atoms with Crippen LogP contribution in [0.15, 0.2) is 72.8 Å². The molecule has 3 aromatic carbocycles. The zero-order chi connectivity index (χ0) is 28.6. The van der Waals surface area contributed by atoms with Crippen molar-refractivity contribution in [3.8, 4) is 0 Å². The fraction of sp³-hybridized carbons (Fsp3) is 0.286. The molecule has 0 aromatic heterocycles. The minimum absolute atomic E-state index is 0.0606. The predicted molar refractivity (Wildman–Crippen MR) is 130 cm³/mol. The summed E-state index contributed by atoms with van der Waals surface area (Å²) in [5.74, 6) is -1.42. The van der Waals surface area contributed by atoms with Crippen LogP contribution < -0.4 is 5.32 Å². The van der Waals surface area contributed by atoms with E-state index in [0.717, 1.165) is 5.56 Å². The highest BCUT2D eigenvalue weighted by molar-refractivity contribution is 5.96. The van der Waals surface area contributed by atoms with Crippen molar-refractivity contribution in [1.29, 1.82) is 0 Å². The Hall–Kier alpha value is -3.86. The maximum Gasteiger partial charge on any atom is 0.416 e. The molecule has 0 saturated heterocycles. The van der Waals surface area contributed by atoms with E-state index in [1.165, 1.54) is 24.3 Å². The van der Waals surface area contributed by atoms with Crippen molar-refractivity contribution in [3.05, 3.63) is 106 Å². The molecule has 0 saturated carbocycles. The van der Waals surface area contributed by atoms with Crippen molar-refractivity contribution in [2.24, 2.45) is 0 Å². The Balaban J connectivity index is 1.69. The average molecular weight is 553 g/mol. The third kappa shape index (κ3) is 8.57. The maximum atomic E-state index is 13.1. The minimum Gasteiger partial charge on any atom is -0.462 e. The molecule has 11 heteroatoms. The Labute approximate surface area is 220 Å². The van der Waals surface area contributed by atoms with Crippen LogP contribution in [0.5, 0.6) is 0 Å². The summed E-state index contributed by atoms with van der Waals surface area (Å²) in [6, 6.07) is 15.9. The van der Waals surface area contributed by atoms with Crippen molar-refractivity contribution in [2.75, 3.05) is 19.8 Å². The summed E-state index contributed by atoms with van der Waals surface area (Å²) in [5, 5.41) is 2.75. The number of benzene rings is 3. The topological polar surface area (TPSA) is 64.6 Å². The van der Waals surface area contributed by atoms with Gasteiger partial charge in [-0.15, -0.1) is 0 Å². The van der Waals surface area contributed by atoms with E-state index in [1.807, 2.05) is 0 Å². The number of hydrogen-bond acceptors (Lipinski definition) is 4. The molecule has 0 aliphatic rings. The van der Waals surface area contributed by atoms with E-state index in [9.17, 15) is 35.9 Å². The van der Waals surface area contributed by atoms with E-state index >= 15 is 0 Å². The number of esters is 1. The highest BCUT2D eigenvalue weighted by Crippen LogP contribution is 2.36. The van der Waals surface area contributed by atoms with Gasteiger partial charge in [-0.25, -0.2) is 4.79 Å². The van der Waals surface area contributed by atoms with Gasteiger partial charge in [-0.3, -0.25) is 4.79 Å². The van der Waals surface area contributed by atoms with Crippen LogP contribution in [0.1, 0.15) is 55.8 Å². The summed E-state index contributed by atoms with van der Waals surface area (Å²) in [5.41, 5.74) is -1.81. The highest BCUT2D eigenvalue weighted by Gasteiger charge is 2.36. The molecule has 0 heterocycles. The Morgan fingerprint density at radius 1 is 0.821 bits per heavy atom. The second-order valence-electron chi connectivity index (χ2n) is 8.54. The molecular weight excluding hydrogens is 528 g/mol. The summed E-state index contributed by atoms with van der Waals surface area (Å²) in [7, 11) is 0. The highest BCUT2D eigenvalue weighted by atomic mass is 19.4. The van der Waals surface area contributed by atoms with Crippen molar-refractivity contribution in [3.63, 3.8) is 0 Å². The molecule has 3 rings (SSSR count). The Kier molecular flexibility index (Phi) is 9.74. The summed E-state index contributed by atoms with van der Waals surface area (Å²) < 4.78 is 89.3. The van der Waals surface area contributed by atoms with E-state index in [-0.39, 0.29) is 42.5 Å². The first kappa shape index (κ1) is 29.7. The van der Waals surface area contributed by atoms with E-state index in [4.69, 9.17) is 9.47 Å². The normalized spacial score (nSPS) is 12.6. The van der Waals surface area contributed by atoms with Crippen LogP contribution in [0, 0.1) is 0 Å². The standard InChI is InChI=1S/C28H25F6NO4/c1-2-39-26(37)21-10-8-20(9-11-21)25(36)35-15-22(19-6-4-3-5-7-19)17-38-16-18-12-23(27(29,30)31)14-24(13-18)28(32,33)34/h3-14,22H,2,15-17H2,1H3,(H,35,36). The third-order valence-corrected chi connectivity index (χ3v) is 5.67. The van der Waals surface area contributed by atoms with Crippen molar-refractivity contribution >= 4 is 11.9 Å². The van der Waals surface area contributed by atoms with Gasteiger partial charge in [-0.1, -0.05) is 30.3 Å². The lowest BCUT2D eigenvalue weighted by molar-refractivity contribution is -0.143. The number of carbonyl (C=O) groups excluding carboxylic acids is 2. The van der Waals surface area contributed by atoms with Gasteiger partial charge in [0.1, 0.15) is 0 Å². The van der Waals surface area contributed by atoms with Crippen LogP contribution in [-0.2, 0) is 28.4 Å². The molecule has 1 atom stereocenters. The Morgan fingerprint density at radius 2 is 1.38 bits per heavy atom. The lowest BCUT2D eigenvalue weighted by Crippen LogP contribution is -2.30. The van der Waals surface area contributed by atoms with Crippen molar-refractivity contribution in [1.82, 2.24) is 5.32 Å². The quantitative estimate of drug-likeness (QED) is 0.226. The van der Waals surface area contributed by atoms with Crippen molar-refractivity contribution in [2.45, 2.75) is 31.8 Å². The summed E-state index contributed by atoms with van der Waals surface area (Å²) in [6.07, 6.45) is -9.91. The number of amides is 1. The largest absolute Gasteiger partial charge is 0.462 e. The first-order valence-electron chi connectivity index (χ1n) is 11.8. The average Bonchev–Trinajstić information content (AvgIpc) is 2.90. The van der Waals surface area contributed by atoms with Gasteiger partial charge in [0.2, 0.25) is 0 Å². The second-order valence-corrected chi connectivity index (χ2v) is 8.54. The lowest BCUT2D eigenvalue weighted by atomic mass is 9.99. The fourth-order valence-corrected chi connectivity index (χ4v) is 3.71. The number of carbonyl (C=O) groups is 2. The van der Waals surface area contributed by atoms with E-state index < -0.39 is 47.9 Å². The fourth-order valence-electron chi connectivity index (χ4n) is 3.71. The van der Waals surface area contributed by atoms with E-state index in [0.29, 0.717) is 12.1 Å². The number of halogens is 6. The van der Waals surface area contributed by atoms with Gasteiger partial charge in [-0.2, -0.15) is 26.3 Å². The SMILES string of the molecule is CCOC(=O)c1ccc(C(=O)NCC(COCc2cc(C(F)(F)F)cc(C(F)(F)F)c2)c2ccccc2)cc1. The molecule has 208 valence electrons. The molecule has 5 nitrogen and oxygen atoms in total. The Morgan fingerprint density at radius 3 is 1.92 bits per heavy atom. The smallest absolute Gasteiger partial charge is 0.416 e. The van der Waals surface area contributed by atoms with Crippen LogP contribution in [0.25, 0.3) is 0 Å². The summed E-state index contributed by atoms with van der Waals surface area (Å²) >= 11 is 0. The third-order valence-electron chi connectivity index (χ3n) is 5.67. The minimum atomic E-state index is -4.96. The number of ether oxygens (including phenoxy) is 2. The van der Waals surface area contributed by atoms with Gasteiger partial charge in [0.25, 0.3) is 5.91 Å². The van der Waals surface area contributed by atoms with Crippen LogP contribution in [0.3, 0.4) is 0 Å². The zero-order valence-electron chi connectivity index (χ0n) is 20.7. The summed E-state index contributed by atoms with van der Waals surface area (Å²) in [4.78, 5) is 24.5. The molecule has 39 heavy (non-hydrogen) atoms. The van der Waals surface area contributed by atoms with Gasteiger partial charge in [0, 0.05) is 18.0 Å². The van der Waals surface area contributed by atoms with Gasteiger partial charge in [0.05, 0.1) is 36.5 Å². The molecule has 1 unspecified atom stereocenters. The molecule has 0 aliphatic heterocycles. The van der Waals surface area contributed by atoms with Gasteiger partial charge in [0.15, 0.2) is 0 Å². The molecule has 1 N–H and O–H groups in total. The van der Waals surface area contributed by atoms with Crippen LogP contribution >= 0.6 is 0 Å². The van der Waals surface area contributed by atoms with Crippen molar-refractivity contribution < 1.29 is 45.4 Å². The summed E-state index contributed by atoms with van der Waals surface area (Å²) in [6.45, 7) is 1.36. The van der Waals surface area contributed by atoms with Gasteiger partial charge < -0.3 is 14.8 Å². The molecule has 0 spiro atoms. The Bertz CT molecular complexity index is 1230. The number of hydrogen-bond donors (Lipinski definition) is 1. The maximum absolute atomic E-state index is 13.1. The van der Waals surface area contributed by atoms with Gasteiger partial charge in [-0.05, 0) is 60.5 Å². The van der Waals surface area contributed by atoms with E-state index in [1.54, 1.807) is 37.3 Å². The first-order chi connectivity index (χ1) is 18.4. The molecule has 0 fully saturated rings. The lowest BCUT2D eigenvalue weighted by Gasteiger charge is -2.19. The number of rotatable bonds is 10. The second kappa shape index (κ2) is 12.8. The first-order valence-corrected chi connectivity index (χ1v) is 11.8. The zero-order valence-corrected chi connectivity index (χ0v) is 20.7. The molecule has 0 radical (unpaired) electrons.